The molecular formula is C13H7ClN4. The Morgan fingerprint density at radius 3 is 2.17 bits per heavy atom. The van der Waals surface area contributed by atoms with Crippen LogP contribution in [0.4, 0.5) is 5.69 Å². The fourth-order valence-electron chi connectivity index (χ4n) is 1.06. The van der Waals surface area contributed by atoms with Gasteiger partial charge in [0, 0.05) is 16.9 Å². The highest BCUT2D eigenvalue weighted by Gasteiger charge is 1.96. The number of nitriles is 3. The lowest BCUT2D eigenvalue weighted by molar-refractivity contribution is 1.43. The highest BCUT2D eigenvalue weighted by molar-refractivity contribution is 6.30. The van der Waals surface area contributed by atoms with Crippen LogP contribution in [-0.2, 0) is 0 Å². The quantitative estimate of drug-likeness (QED) is 0.663. The molecule has 0 aliphatic rings. The van der Waals surface area contributed by atoms with Gasteiger partial charge >= 0.3 is 0 Å². The zero-order chi connectivity index (χ0) is 13.4. The number of rotatable bonds is 3. The molecular weight excluding hydrogens is 248 g/mol. The molecule has 0 aliphatic heterocycles. The molecule has 1 aromatic carbocycles. The summed E-state index contributed by atoms with van der Waals surface area (Å²) in [6.45, 7) is 0. The number of halogens is 1. The van der Waals surface area contributed by atoms with E-state index < -0.39 is 0 Å². The molecule has 1 N–H and O–H groups in total. The van der Waals surface area contributed by atoms with Gasteiger partial charge in [0.15, 0.2) is 0 Å². The average molecular weight is 255 g/mol. The summed E-state index contributed by atoms with van der Waals surface area (Å²) in [5.41, 5.74) is 0.805. The summed E-state index contributed by atoms with van der Waals surface area (Å²) >= 11 is 5.73. The molecule has 18 heavy (non-hydrogen) atoms. The second kappa shape index (κ2) is 6.76. The number of nitrogens with one attached hydrogen (secondary N) is 1. The fourth-order valence-corrected chi connectivity index (χ4v) is 1.18. The molecule has 0 heterocycles. The summed E-state index contributed by atoms with van der Waals surface area (Å²) in [5, 5.41) is 29.5. The molecule has 5 heteroatoms. The Hall–Kier alpha value is -2.74. The second-order valence-corrected chi connectivity index (χ2v) is 3.58. The smallest absolute Gasteiger partial charge is 0.131 e. The van der Waals surface area contributed by atoms with Gasteiger partial charge in [0.1, 0.15) is 23.8 Å². The van der Waals surface area contributed by atoms with Crippen molar-refractivity contribution in [3.05, 3.63) is 52.7 Å². The molecule has 0 bridgehead atoms. The lowest BCUT2D eigenvalue weighted by Gasteiger charge is -2.00. The van der Waals surface area contributed by atoms with Gasteiger partial charge in [-0.3, -0.25) is 0 Å². The van der Waals surface area contributed by atoms with Crippen molar-refractivity contribution in [1.29, 1.82) is 15.8 Å². The molecule has 0 radical (unpaired) electrons. The van der Waals surface area contributed by atoms with Crippen molar-refractivity contribution >= 4 is 17.3 Å². The monoisotopic (exact) mass is 254 g/mol. The van der Waals surface area contributed by atoms with Crippen molar-refractivity contribution in [2.24, 2.45) is 0 Å². The van der Waals surface area contributed by atoms with Crippen LogP contribution in [0.2, 0.25) is 5.02 Å². The van der Waals surface area contributed by atoms with E-state index in [1.807, 2.05) is 6.07 Å². The Balaban J connectivity index is 2.86. The second-order valence-electron chi connectivity index (χ2n) is 3.14. The van der Waals surface area contributed by atoms with Crippen LogP contribution in [0.15, 0.2) is 47.7 Å². The molecule has 1 aromatic rings. The minimum atomic E-state index is -0.124. The van der Waals surface area contributed by atoms with E-state index in [0.717, 1.165) is 5.69 Å². The molecule has 0 saturated heterocycles. The first-order valence-corrected chi connectivity index (χ1v) is 5.21. The van der Waals surface area contributed by atoms with Crippen LogP contribution in [-0.4, -0.2) is 0 Å². The van der Waals surface area contributed by atoms with E-state index in [1.165, 1.54) is 12.3 Å². The number of hydrogen-bond donors (Lipinski definition) is 1. The Morgan fingerprint density at radius 2 is 1.67 bits per heavy atom. The molecule has 0 fully saturated rings. The topological polar surface area (TPSA) is 83.4 Å². The Labute approximate surface area is 110 Å². The maximum atomic E-state index is 8.85. The van der Waals surface area contributed by atoms with Gasteiger partial charge in [0.25, 0.3) is 0 Å². The van der Waals surface area contributed by atoms with Crippen molar-refractivity contribution in [2.75, 3.05) is 5.32 Å². The average Bonchev–Trinajstić information content (AvgIpc) is 2.41. The molecule has 86 valence electrons. The standard InChI is InChI=1S/C13H7ClN4/c14-12-1-3-13(4-2-12)18-9-11(8-17)5-10(6-15)7-16/h1-5,9,18H/b11-9+. The van der Waals surface area contributed by atoms with Gasteiger partial charge in [0.2, 0.25) is 0 Å². The molecule has 1 rings (SSSR count). The van der Waals surface area contributed by atoms with Crippen LogP contribution < -0.4 is 5.32 Å². The van der Waals surface area contributed by atoms with E-state index in [0.29, 0.717) is 5.02 Å². The summed E-state index contributed by atoms with van der Waals surface area (Å²) in [4.78, 5) is 0. The first-order valence-electron chi connectivity index (χ1n) is 4.84. The molecule has 0 unspecified atom stereocenters. The van der Waals surface area contributed by atoms with Gasteiger partial charge in [-0.05, 0) is 30.3 Å². The van der Waals surface area contributed by atoms with Crippen LogP contribution in [0.3, 0.4) is 0 Å². The van der Waals surface area contributed by atoms with Crippen LogP contribution in [0.25, 0.3) is 0 Å². The van der Waals surface area contributed by atoms with E-state index >= 15 is 0 Å². The maximum absolute atomic E-state index is 8.85. The SMILES string of the molecule is N#CC(C#N)=C/C(C#N)=C\Nc1ccc(Cl)cc1. The number of allylic oxidation sites excluding steroid dienone is 3. The predicted molar refractivity (Wildman–Crippen MR) is 68.1 cm³/mol. The van der Waals surface area contributed by atoms with Crippen molar-refractivity contribution < 1.29 is 0 Å². The van der Waals surface area contributed by atoms with Crippen LogP contribution in [0.1, 0.15) is 0 Å². The van der Waals surface area contributed by atoms with E-state index in [1.54, 1.807) is 36.4 Å². The van der Waals surface area contributed by atoms with E-state index in [4.69, 9.17) is 27.4 Å². The highest BCUT2D eigenvalue weighted by Crippen LogP contribution is 2.13. The molecule has 0 saturated carbocycles. The molecule has 0 spiro atoms. The van der Waals surface area contributed by atoms with Gasteiger partial charge in [-0.1, -0.05) is 11.6 Å². The van der Waals surface area contributed by atoms with Gasteiger partial charge in [-0.25, -0.2) is 0 Å². The number of benzene rings is 1. The first-order chi connectivity index (χ1) is 8.69. The zero-order valence-corrected chi connectivity index (χ0v) is 9.94. The Morgan fingerprint density at radius 1 is 1.06 bits per heavy atom. The van der Waals surface area contributed by atoms with E-state index in [9.17, 15) is 0 Å². The third kappa shape index (κ3) is 4.02. The molecule has 0 aromatic heterocycles. The van der Waals surface area contributed by atoms with Crippen molar-refractivity contribution in [1.82, 2.24) is 0 Å². The number of nitrogens with zero attached hydrogens (tertiary/aromatic N) is 3. The van der Waals surface area contributed by atoms with E-state index in [-0.39, 0.29) is 11.1 Å². The lowest BCUT2D eigenvalue weighted by atomic mass is 10.2. The van der Waals surface area contributed by atoms with E-state index in [2.05, 4.69) is 5.32 Å². The van der Waals surface area contributed by atoms with Gasteiger partial charge in [-0.15, -0.1) is 0 Å². The zero-order valence-electron chi connectivity index (χ0n) is 9.18. The predicted octanol–water partition coefficient (Wildman–Crippen LogP) is 3.13. The highest BCUT2D eigenvalue weighted by atomic mass is 35.5. The number of hydrogen-bond acceptors (Lipinski definition) is 4. The summed E-state index contributed by atoms with van der Waals surface area (Å²) in [6.07, 6.45) is 2.63. The molecule has 0 aliphatic carbocycles. The van der Waals surface area contributed by atoms with Crippen molar-refractivity contribution in [3.8, 4) is 18.2 Å². The first kappa shape index (κ1) is 13.3. The fraction of sp³-hybridized carbons (Fsp3) is 0. The molecule has 0 amide bonds. The number of anilines is 1. The summed E-state index contributed by atoms with van der Waals surface area (Å²) in [7, 11) is 0. The van der Waals surface area contributed by atoms with Crippen LogP contribution in [0, 0.1) is 34.0 Å². The Bertz CT molecular complexity index is 590. The normalized spacial score (nSPS) is 9.56. The molecule has 0 atom stereocenters. The minimum absolute atomic E-state index is 0.124. The van der Waals surface area contributed by atoms with Crippen molar-refractivity contribution in [2.45, 2.75) is 0 Å². The summed E-state index contributed by atoms with van der Waals surface area (Å²) in [5.74, 6) is 0. The molecule has 4 nitrogen and oxygen atoms in total. The summed E-state index contributed by atoms with van der Waals surface area (Å²) < 4.78 is 0. The van der Waals surface area contributed by atoms with Crippen LogP contribution >= 0.6 is 11.6 Å². The maximum Gasteiger partial charge on any atom is 0.131 e. The summed E-state index contributed by atoms with van der Waals surface area (Å²) in [6, 6.07) is 12.1. The van der Waals surface area contributed by atoms with Gasteiger partial charge in [-0.2, -0.15) is 15.8 Å². The largest absolute Gasteiger partial charge is 0.360 e. The lowest BCUT2D eigenvalue weighted by Crippen LogP contribution is -1.89. The van der Waals surface area contributed by atoms with Crippen LogP contribution in [0.5, 0.6) is 0 Å². The minimum Gasteiger partial charge on any atom is -0.360 e. The third-order valence-electron chi connectivity index (χ3n) is 1.91. The van der Waals surface area contributed by atoms with Gasteiger partial charge in [0.05, 0.1) is 5.57 Å². The Kier molecular flexibility index (Phi) is 5.00. The third-order valence-corrected chi connectivity index (χ3v) is 2.16. The van der Waals surface area contributed by atoms with Crippen molar-refractivity contribution in [3.63, 3.8) is 0 Å². The van der Waals surface area contributed by atoms with Gasteiger partial charge < -0.3 is 5.32 Å².